The molecule has 9 heteroatoms. The van der Waals surface area contributed by atoms with Crippen LogP contribution in [0.15, 0.2) is 42.5 Å². The number of para-hydroxylation sites is 1. The fourth-order valence-corrected chi connectivity index (χ4v) is 4.67. The van der Waals surface area contributed by atoms with Crippen molar-refractivity contribution in [1.82, 2.24) is 9.78 Å². The normalized spacial score (nSPS) is 14.8. The van der Waals surface area contributed by atoms with Crippen LogP contribution in [0.3, 0.4) is 0 Å². The Morgan fingerprint density at radius 2 is 1.80 bits per heavy atom. The summed E-state index contributed by atoms with van der Waals surface area (Å²) in [5.41, 5.74) is 2.58. The summed E-state index contributed by atoms with van der Waals surface area (Å²) >= 11 is 0. The number of ether oxygens (including phenoxy) is 3. The molecule has 2 heterocycles. The highest BCUT2D eigenvalue weighted by molar-refractivity contribution is 7.83. The van der Waals surface area contributed by atoms with E-state index < -0.39 is 10.8 Å². The number of hydrogen-bond donors (Lipinski definition) is 1. The van der Waals surface area contributed by atoms with Gasteiger partial charge in [0.2, 0.25) is 0 Å². The lowest BCUT2D eigenvalue weighted by Crippen LogP contribution is -2.17. The number of carbonyl (C=O) groups excluding carboxylic acids is 1. The first-order valence-corrected chi connectivity index (χ1v) is 10.7. The lowest BCUT2D eigenvalue weighted by molar-refractivity contribution is 0.102. The Morgan fingerprint density at radius 3 is 2.47 bits per heavy atom. The van der Waals surface area contributed by atoms with Crippen LogP contribution in [-0.4, -0.2) is 41.2 Å². The molecule has 0 saturated heterocycles. The van der Waals surface area contributed by atoms with Gasteiger partial charge < -0.3 is 19.5 Å². The highest BCUT2D eigenvalue weighted by Gasteiger charge is 2.29. The maximum Gasteiger partial charge on any atom is 0.260 e. The van der Waals surface area contributed by atoms with Crippen molar-refractivity contribution < 1.29 is 23.2 Å². The van der Waals surface area contributed by atoms with Crippen LogP contribution in [-0.2, 0) is 22.3 Å². The Bertz CT molecular complexity index is 1120. The molecule has 0 radical (unpaired) electrons. The van der Waals surface area contributed by atoms with E-state index in [9.17, 15) is 9.00 Å². The van der Waals surface area contributed by atoms with Gasteiger partial charge in [-0.1, -0.05) is 6.07 Å². The molecular weight excluding hydrogens is 406 g/mol. The predicted octanol–water partition coefficient (Wildman–Crippen LogP) is 2.91. The van der Waals surface area contributed by atoms with E-state index in [2.05, 4.69) is 10.4 Å². The summed E-state index contributed by atoms with van der Waals surface area (Å²) in [6, 6.07) is 12.4. The van der Waals surface area contributed by atoms with Crippen LogP contribution in [0.5, 0.6) is 17.2 Å². The maximum absolute atomic E-state index is 13.1. The summed E-state index contributed by atoms with van der Waals surface area (Å²) < 4.78 is 29.6. The third-order valence-electron chi connectivity index (χ3n) is 4.87. The van der Waals surface area contributed by atoms with Crippen LogP contribution in [0.1, 0.15) is 21.6 Å². The molecule has 4 rings (SSSR count). The standard InChI is InChI=1S/C21H21N3O5S/c1-27-14-9-7-13(8-10-14)24-20(16-11-30(26)12-17(16)23-24)22-21(25)15-5-4-6-18(28-2)19(15)29-3/h4-10H,11-12H2,1-3H3,(H,22,25)/t30-/m1/s1. The third kappa shape index (κ3) is 3.52. The summed E-state index contributed by atoms with van der Waals surface area (Å²) in [4.78, 5) is 13.1. The number of hydrogen-bond acceptors (Lipinski definition) is 6. The number of fused-ring (bicyclic) bond motifs is 1. The summed E-state index contributed by atoms with van der Waals surface area (Å²) in [5, 5.41) is 7.54. The molecule has 30 heavy (non-hydrogen) atoms. The monoisotopic (exact) mass is 427 g/mol. The number of benzene rings is 2. The van der Waals surface area contributed by atoms with Gasteiger partial charge in [0.1, 0.15) is 11.6 Å². The first-order chi connectivity index (χ1) is 14.5. The van der Waals surface area contributed by atoms with E-state index in [1.54, 1.807) is 30.0 Å². The molecule has 2 aromatic carbocycles. The molecule has 1 aliphatic heterocycles. The van der Waals surface area contributed by atoms with Crippen molar-refractivity contribution in [2.45, 2.75) is 11.5 Å². The smallest absolute Gasteiger partial charge is 0.260 e. The van der Waals surface area contributed by atoms with E-state index in [1.165, 1.54) is 14.2 Å². The zero-order valence-electron chi connectivity index (χ0n) is 16.8. The van der Waals surface area contributed by atoms with Crippen LogP contribution in [0, 0.1) is 0 Å². The molecule has 8 nitrogen and oxygen atoms in total. The highest BCUT2D eigenvalue weighted by Crippen LogP contribution is 2.34. The van der Waals surface area contributed by atoms with Gasteiger partial charge in [0, 0.05) is 16.4 Å². The molecule has 156 valence electrons. The Labute approximate surface area is 176 Å². The fourth-order valence-electron chi connectivity index (χ4n) is 3.41. The molecular formula is C21H21N3O5S. The molecule has 0 bridgehead atoms. The first-order valence-electron chi connectivity index (χ1n) is 9.18. The number of aromatic nitrogens is 2. The Kier molecular flexibility index (Phi) is 5.45. The molecule has 0 spiro atoms. The van der Waals surface area contributed by atoms with E-state index in [-0.39, 0.29) is 5.91 Å². The van der Waals surface area contributed by atoms with Crippen LogP contribution in [0.25, 0.3) is 5.69 Å². The van der Waals surface area contributed by atoms with Gasteiger partial charge in [0.05, 0.1) is 49.8 Å². The zero-order chi connectivity index (χ0) is 21.3. The highest BCUT2D eigenvalue weighted by atomic mass is 32.2. The number of anilines is 1. The number of carbonyl (C=O) groups is 1. The number of nitrogens with zero attached hydrogens (tertiary/aromatic N) is 2. The Hall–Kier alpha value is -3.33. The van der Waals surface area contributed by atoms with Gasteiger partial charge in [0.25, 0.3) is 5.91 Å². The number of methoxy groups -OCH3 is 3. The van der Waals surface area contributed by atoms with Crippen molar-refractivity contribution in [2.75, 3.05) is 26.6 Å². The molecule has 1 aliphatic rings. The van der Waals surface area contributed by atoms with Gasteiger partial charge in [-0.2, -0.15) is 5.10 Å². The van der Waals surface area contributed by atoms with Gasteiger partial charge in [-0.15, -0.1) is 0 Å². The molecule has 1 aromatic heterocycles. The second-order valence-corrected chi connectivity index (χ2v) is 8.06. The average molecular weight is 427 g/mol. The summed E-state index contributed by atoms with van der Waals surface area (Å²) in [5.74, 6) is 2.34. The number of rotatable bonds is 6. The van der Waals surface area contributed by atoms with Crippen molar-refractivity contribution in [1.29, 1.82) is 0 Å². The van der Waals surface area contributed by atoms with E-state index in [1.807, 2.05) is 24.3 Å². The largest absolute Gasteiger partial charge is 0.497 e. The number of nitrogens with one attached hydrogen (secondary N) is 1. The van der Waals surface area contributed by atoms with Crippen molar-refractivity contribution in [3.8, 4) is 22.9 Å². The van der Waals surface area contributed by atoms with E-state index in [4.69, 9.17) is 14.2 Å². The van der Waals surface area contributed by atoms with Crippen LogP contribution < -0.4 is 19.5 Å². The van der Waals surface area contributed by atoms with Gasteiger partial charge >= 0.3 is 0 Å². The summed E-state index contributed by atoms with van der Waals surface area (Å²) in [6.07, 6.45) is 0. The minimum absolute atomic E-state index is 0.326. The lowest BCUT2D eigenvalue weighted by atomic mass is 10.1. The second kappa shape index (κ2) is 8.19. The van der Waals surface area contributed by atoms with Crippen LogP contribution in [0.4, 0.5) is 5.82 Å². The number of amides is 1. The van der Waals surface area contributed by atoms with Crippen LogP contribution >= 0.6 is 0 Å². The van der Waals surface area contributed by atoms with E-state index in [0.717, 1.165) is 16.9 Å². The molecule has 0 saturated carbocycles. The summed E-state index contributed by atoms with van der Waals surface area (Å²) in [6.45, 7) is 0. The Morgan fingerprint density at radius 1 is 1.03 bits per heavy atom. The van der Waals surface area contributed by atoms with Gasteiger partial charge in [-0.3, -0.25) is 9.00 Å². The second-order valence-electron chi connectivity index (χ2n) is 6.61. The van der Waals surface area contributed by atoms with Crippen molar-refractivity contribution in [3.63, 3.8) is 0 Å². The molecule has 1 N–H and O–H groups in total. The topological polar surface area (TPSA) is 91.7 Å². The Balaban J connectivity index is 1.75. The molecule has 3 aromatic rings. The fraction of sp³-hybridized carbons (Fsp3) is 0.238. The third-order valence-corrected chi connectivity index (χ3v) is 6.07. The van der Waals surface area contributed by atoms with Crippen molar-refractivity contribution in [3.05, 3.63) is 59.3 Å². The molecule has 0 aliphatic carbocycles. The van der Waals surface area contributed by atoms with Crippen molar-refractivity contribution >= 4 is 22.5 Å². The zero-order valence-corrected chi connectivity index (χ0v) is 17.6. The molecule has 1 amide bonds. The quantitative estimate of drug-likeness (QED) is 0.650. The van der Waals surface area contributed by atoms with E-state index >= 15 is 0 Å². The molecule has 0 unspecified atom stereocenters. The van der Waals surface area contributed by atoms with Gasteiger partial charge in [-0.05, 0) is 36.4 Å². The molecule has 1 atom stereocenters. The lowest BCUT2D eigenvalue weighted by Gasteiger charge is -2.14. The van der Waals surface area contributed by atoms with Gasteiger partial charge in [0.15, 0.2) is 11.5 Å². The maximum atomic E-state index is 13.1. The average Bonchev–Trinajstić information content (AvgIpc) is 3.29. The predicted molar refractivity (Wildman–Crippen MR) is 113 cm³/mol. The summed E-state index contributed by atoms with van der Waals surface area (Å²) in [7, 11) is 3.56. The molecule has 0 fully saturated rings. The van der Waals surface area contributed by atoms with E-state index in [0.29, 0.717) is 40.1 Å². The minimum atomic E-state index is -1.03. The first kappa shape index (κ1) is 20.0. The minimum Gasteiger partial charge on any atom is -0.497 e. The van der Waals surface area contributed by atoms with Crippen LogP contribution in [0.2, 0.25) is 0 Å². The van der Waals surface area contributed by atoms with Gasteiger partial charge in [-0.25, -0.2) is 4.68 Å². The SMILES string of the molecule is COc1ccc(-n2nc3c(c2NC(=O)c2cccc(OC)c2OC)C[S@@](=O)C3)cc1. The van der Waals surface area contributed by atoms with Crippen molar-refractivity contribution in [2.24, 2.45) is 0 Å².